The highest BCUT2D eigenvalue weighted by molar-refractivity contribution is 7.91. The first kappa shape index (κ1) is 16.6. The molecular formula is C13H21N5O3S2. The maximum absolute atomic E-state index is 11.9. The fraction of sp³-hybridized carbons (Fsp3) is 0.769. The monoisotopic (exact) mass is 359 g/mol. The summed E-state index contributed by atoms with van der Waals surface area (Å²) < 4.78 is 26.7. The number of urea groups is 1. The normalized spacial score (nSPS) is 23.5. The molecule has 3 rings (SSSR count). The number of aromatic nitrogens is 2. The summed E-state index contributed by atoms with van der Waals surface area (Å²) in [7, 11) is -2.81. The van der Waals surface area contributed by atoms with Gasteiger partial charge in [-0.05, 0) is 25.7 Å². The van der Waals surface area contributed by atoms with E-state index in [0.29, 0.717) is 22.5 Å². The van der Waals surface area contributed by atoms with Gasteiger partial charge < -0.3 is 10.2 Å². The molecule has 10 heteroatoms. The summed E-state index contributed by atoms with van der Waals surface area (Å²) in [6.45, 7) is 1.80. The van der Waals surface area contributed by atoms with Gasteiger partial charge in [0.05, 0.1) is 17.7 Å². The highest BCUT2D eigenvalue weighted by atomic mass is 32.2. The molecule has 2 saturated heterocycles. The molecule has 8 nitrogen and oxygen atoms in total. The predicted molar refractivity (Wildman–Crippen MR) is 88.3 cm³/mol. The molecule has 2 N–H and O–H groups in total. The third-order valence-electron chi connectivity index (χ3n) is 4.50. The topological polar surface area (TPSA) is 104 Å². The molecular weight excluding hydrogens is 338 g/mol. The quantitative estimate of drug-likeness (QED) is 0.823. The van der Waals surface area contributed by atoms with E-state index in [1.54, 1.807) is 0 Å². The smallest absolute Gasteiger partial charge is 0.320 e. The van der Waals surface area contributed by atoms with E-state index in [1.165, 1.54) is 6.20 Å². The van der Waals surface area contributed by atoms with Crippen molar-refractivity contribution in [3.05, 3.63) is 6.20 Å². The second-order valence-corrected chi connectivity index (χ2v) is 9.16. The lowest BCUT2D eigenvalue weighted by Crippen LogP contribution is -2.50. The highest BCUT2D eigenvalue weighted by Crippen LogP contribution is 2.22. The Kier molecular flexibility index (Phi) is 5.12. The van der Waals surface area contributed by atoms with E-state index in [9.17, 15) is 13.2 Å². The van der Waals surface area contributed by atoms with Crippen LogP contribution >= 0.6 is 11.5 Å². The Morgan fingerprint density at radius 3 is 2.52 bits per heavy atom. The molecule has 128 valence electrons. The second-order valence-electron chi connectivity index (χ2n) is 6.07. The number of piperidine rings is 1. The van der Waals surface area contributed by atoms with Gasteiger partial charge in [-0.1, -0.05) is 4.49 Å². The molecule has 0 radical (unpaired) electrons. The van der Waals surface area contributed by atoms with Crippen LogP contribution in [0.15, 0.2) is 6.20 Å². The summed E-state index contributed by atoms with van der Waals surface area (Å²) in [5, 5.41) is 9.99. The van der Waals surface area contributed by atoms with Crippen molar-refractivity contribution >= 4 is 32.4 Å². The Balaban J connectivity index is 1.41. The minimum absolute atomic E-state index is 0.152. The number of hydrogen-bond acceptors (Lipinski definition) is 7. The number of amides is 2. The van der Waals surface area contributed by atoms with E-state index in [2.05, 4.69) is 25.1 Å². The number of rotatable bonds is 3. The first-order valence-electron chi connectivity index (χ1n) is 7.81. The lowest BCUT2D eigenvalue weighted by atomic mass is 10.0. The number of likely N-dealkylation sites (tertiary alicyclic amines) is 1. The van der Waals surface area contributed by atoms with Crippen LogP contribution in [0, 0.1) is 0 Å². The fourth-order valence-electron chi connectivity index (χ4n) is 3.21. The van der Waals surface area contributed by atoms with Gasteiger partial charge in [-0.25, -0.2) is 13.2 Å². The zero-order valence-electron chi connectivity index (χ0n) is 12.8. The maximum atomic E-state index is 11.9. The van der Waals surface area contributed by atoms with Crippen molar-refractivity contribution < 1.29 is 13.2 Å². The van der Waals surface area contributed by atoms with Gasteiger partial charge >= 0.3 is 6.03 Å². The molecule has 0 spiro atoms. The van der Waals surface area contributed by atoms with Crippen LogP contribution in [-0.2, 0) is 9.84 Å². The molecule has 0 aromatic carbocycles. The summed E-state index contributed by atoms with van der Waals surface area (Å²) in [6, 6.07) is 0.300. The molecule has 0 aliphatic carbocycles. The molecule has 0 bridgehead atoms. The molecule has 1 aromatic heterocycles. The number of anilines is 1. The van der Waals surface area contributed by atoms with Crippen LogP contribution in [-0.4, -0.2) is 65.6 Å². The summed E-state index contributed by atoms with van der Waals surface area (Å²) >= 11 is 1.14. The lowest BCUT2D eigenvalue weighted by molar-refractivity contribution is 0.136. The van der Waals surface area contributed by atoms with Crippen molar-refractivity contribution in [2.75, 3.05) is 29.9 Å². The zero-order valence-corrected chi connectivity index (χ0v) is 14.4. The largest absolute Gasteiger partial charge is 0.335 e. The molecule has 2 aliphatic rings. The second kappa shape index (κ2) is 7.10. The van der Waals surface area contributed by atoms with Crippen molar-refractivity contribution in [1.29, 1.82) is 0 Å². The Morgan fingerprint density at radius 2 is 1.91 bits per heavy atom. The van der Waals surface area contributed by atoms with Gasteiger partial charge in [0.15, 0.2) is 0 Å². The van der Waals surface area contributed by atoms with Crippen LogP contribution in [0.25, 0.3) is 0 Å². The first-order chi connectivity index (χ1) is 11.0. The van der Waals surface area contributed by atoms with Crippen molar-refractivity contribution in [2.45, 2.75) is 37.8 Å². The fourth-order valence-corrected chi connectivity index (χ4v) is 5.09. The summed E-state index contributed by atoms with van der Waals surface area (Å²) in [4.78, 5) is 14.3. The minimum Gasteiger partial charge on any atom is -0.335 e. The van der Waals surface area contributed by atoms with Crippen molar-refractivity contribution in [1.82, 2.24) is 19.8 Å². The van der Waals surface area contributed by atoms with Crippen LogP contribution in [0.5, 0.6) is 0 Å². The molecule has 23 heavy (non-hydrogen) atoms. The van der Waals surface area contributed by atoms with Crippen LogP contribution in [0.1, 0.15) is 25.7 Å². The van der Waals surface area contributed by atoms with E-state index >= 15 is 0 Å². The van der Waals surface area contributed by atoms with E-state index in [0.717, 1.165) is 50.3 Å². The molecule has 0 unspecified atom stereocenters. The Hall–Kier alpha value is -1.26. The number of sulfone groups is 1. The van der Waals surface area contributed by atoms with Crippen molar-refractivity contribution in [2.24, 2.45) is 0 Å². The highest BCUT2D eigenvalue weighted by Gasteiger charge is 2.30. The average Bonchev–Trinajstić information content (AvgIpc) is 3.01. The number of hydrogen-bond donors (Lipinski definition) is 2. The van der Waals surface area contributed by atoms with Gasteiger partial charge in [-0.15, -0.1) is 5.10 Å². The maximum Gasteiger partial charge on any atom is 0.320 e. The van der Waals surface area contributed by atoms with Crippen LogP contribution in [0.2, 0.25) is 0 Å². The summed E-state index contributed by atoms with van der Waals surface area (Å²) in [5.41, 5.74) is 0. The van der Waals surface area contributed by atoms with E-state index in [-0.39, 0.29) is 12.1 Å². The molecule has 0 atom stereocenters. The Labute approximate surface area is 139 Å². The van der Waals surface area contributed by atoms with Crippen LogP contribution in [0.4, 0.5) is 9.80 Å². The van der Waals surface area contributed by atoms with Gasteiger partial charge in [0, 0.05) is 36.7 Å². The molecule has 0 saturated carbocycles. The number of carbonyl (C=O) groups is 1. The van der Waals surface area contributed by atoms with E-state index < -0.39 is 9.84 Å². The number of nitrogens with zero attached hydrogens (tertiary/aromatic N) is 3. The van der Waals surface area contributed by atoms with Gasteiger partial charge in [-0.2, -0.15) is 0 Å². The third-order valence-corrected chi connectivity index (χ3v) is 6.80. The van der Waals surface area contributed by atoms with Gasteiger partial charge in [0.25, 0.3) is 0 Å². The first-order valence-corrected chi connectivity index (χ1v) is 10.4. The Morgan fingerprint density at radius 1 is 1.22 bits per heavy atom. The Bertz CT molecular complexity index is 612. The molecule has 2 fully saturated rings. The van der Waals surface area contributed by atoms with Gasteiger partial charge in [-0.3, -0.25) is 5.32 Å². The predicted octanol–water partition coefficient (Wildman–Crippen LogP) is 0.701. The van der Waals surface area contributed by atoms with E-state index in [4.69, 9.17) is 0 Å². The average molecular weight is 359 g/mol. The molecule has 2 aliphatic heterocycles. The third kappa shape index (κ3) is 4.61. The van der Waals surface area contributed by atoms with Gasteiger partial charge in [0.1, 0.15) is 14.8 Å². The summed E-state index contributed by atoms with van der Waals surface area (Å²) in [6.07, 6.45) is 4.76. The summed E-state index contributed by atoms with van der Waals surface area (Å²) in [5.74, 6) is 0.613. The van der Waals surface area contributed by atoms with E-state index in [1.807, 2.05) is 0 Å². The molecule has 1 aromatic rings. The number of carbonyl (C=O) groups excluding carboxylic acids is 1. The lowest BCUT2D eigenvalue weighted by Gasteiger charge is -2.39. The van der Waals surface area contributed by atoms with Crippen molar-refractivity contribution in [3.8, 4) is 0 Å². The number of nitrogens with one attached hydrogen (secondary N) is 2. The molecule has 3 heterocycles. The minimum atomic E-state index is -2.81. The van der Waals surface area contributed by atoms with Crippen molar-refractivity contribution in [3.63, 3.8) is 0 Å². The standard InChI is InChI=1S/C13H21N5O3S2/c19-13(16-12-9-14-17-22-12)15-10-1-5-18(6-2-10)11-3-7-23(20,21)8-4-11/h9-11H,1-8H2,(H2,15,16,19). The molecule has 2 amide bonds. The van der Waals surface area contributed by atoms with Crippen LogP contribution < -0.4 is 10.6 Å². The zero-order chi connectivity index (χ0) is 16.3. The van der Waals surface area contributed by atoms with Crippen LogP contribution in [0.3, 0.4) is 0 Å². The SMILES string of the molecule is O=C(Nc1cnns1)NC1CCN(C2CCS(=O)(=O)CC2)CC1. The van der Waals surface area contributed by atoms with Gasteiger partial charge in [0.2, 0.25) is 0 Å².